The number of piperidine rings is 1. The van der Waals surface area contributed by atoms with Crippen LogP contribution in [-0.4, -0.2) is 48.0 Å². The van der Waals surface area contributed by atoms with E-state index in [1.807, 2.05) is 11.8 Å². The Morgan fingerprint density at radius 1 is 1.35 bits per heavy atom. The molecule has 1 N–H and O–H groups in total. The average molecular weight is 256 g/mol. The number of nitrogens with zero attached hydrogens (tertiary/aromatic N) is 1. The van der Waals surface area contributed by atoms with E-state index >= 15 is 0 Å². The largest absolute Gasteiger partial charge is 0.340 e. The molecular weight excluding hydrogens is 232 g/mol. The number of thioether (sulfide) groups is 1. The Bertz CT molecular complexity index is 248. The summed E-state index contributed by atoms with van der Waals surface area (Å²) < 4.78 is 0. The molecule has 3 nitrogen and oxygen atoms in total. The van der Waals surface area contributed by atoms with Crippen LogP contribution in [0.5, 0.6) is 0 Å². The van der Waals surface area contributed by atoms with Crippen LogP contribution in [0.1, 0.15) is 32.6 Å². The zero-order chi connectivity index (χ0) is 12.1. The molecule has 4 heteroatoms. The average Bonchev–Trinajstić information content (AvgIpc) is 2.42. The lowest BCUT2D eigenvalue weighted by Gasteiger charge is -2.36. The molecule has 0 spiro atoms. The molecule has 0 bridgehead atoms. The van der Waals surface area contributed by atoms with Crippen molar-refractivity contribution in [1.82, 2.24) is 10.2 Å². The van der Waals surface area contributed by atoms with Crippen LogP contribution in [0, 0.1) is 5.92 Å². The summed E-state index contributed by atoms with van der Waals surface area (Å²) in [5.74, 6) is 3.07. The second-order valence-electron chi connectivity index (χ2n) is 5.01. The Balaban J connectivity index is 1.93. The van der Waals surface area contributed by atoms with Gasteiger partial charge in [-0.2, -0.15) is 11.8 Å². The lowest BCUT2D eigenvalue weighted by atomic mass is 9.96. The van der Waals surface area contributed by atoms with Gasteiger partial charge in [0.15, 0.2) is 0 Å². The summed E-state index contributed by atoms with van der Waals surface area (Å²) in [4.78, 5) is 14.7. The molecule has 2 heterocycles. The smallest absolute Gasteiger partial charge is 0.227 e. The summed E-state index contributed by atoms with van der Waals surface area (Å²) in [6, 6.07) is 0.510. The predicted octanol–water partition coefficient (Wildman–Crippen LogP) is 1.73. The fourth-order valence-electron chi connectivity index (χ4n) is 2.89. The van der Waals surface area contributed by atoms with E-state index in [1.165, 1.54) is 24.3 Å². The monoisotopic (exact) mass is 256 g/mol. The van der Waals surface area contributed by atoms with E-state index in [9.17, 15) is 4.79 Å². The maximum atomic E-state index is 12.5. The molecular formula is C13H24N2OS. The zero-order valence-corrected chi connectivity index (χ0v) is 11.6. The number of nitrogens with one attached hydrogen (secondary N) is 1. The van der Waals surface area contributed by atoms with Crippen molar-refractivity contribution in [2.45, 2.75) is 38.6 Å². The lowest BCUT2D eigenvalue weighted by Crippen LogP contribution is -2.48. The van der Waals surface area contributed by atoms with Gasteiger partial charge in [0.05, 0.1) is 5.92 Å². The minimum Gasteiger partial charge on any atom is -0.340 e. The van der Waals surface area contributed by atoms with Gasteiger partial charge in [-0.15, -0.1) is 0 Å². The van der Waals surface area contributed by atoms with Gasteiger partial charge >= 0.3 is 0 Å². The number of carbonyl (C=O) groups is 1. The van der Waals surface area contributed by atoms with Crippen molar-refractivity contribution in [2.75, 3.05) is 31.1 Å². The van der Waals surface area contributed by atoms with Crippen LogP contribution < -0.4 is 5.32 Å². The van der Waals surface area contributed by atoms with E-state index < -0.39 is 0 Å². The number of hydrogen-bond donors (Lipinski definition) is 1. The van der Waals surface area contributed by atoms with Crippen LogP contribution in [0.2, 0.25) is 0 Å². The predicted molar refractivity (Wildman–Crippen MR) is 73.3 cm³/mol. The molecule has 2 saturated heterocycles. The summed E-state index contributed by atoms with van der Waals surface area (Å²) in [7, 11) is 0. The summed E-state index contributed by atoms with van der Waals surface area (Å²) in [5.41, 5.74) is 0. The highest BCUT2D eigenvalue weighted by Crippen LogP contribution is 2.24. The van der Waals surface area contributed by atoms with Gasteiger partial charge in [-0.05, 0) is 50.7 Å². The molecule has 2 aliphatic heterocycles. The Morgan fingerprint density at radius 2 is 2.12 bits per heavy atom. The van der Waals surface area contributed by atoms with Crippen LogP contribution in [-0.2, 0) is 4.79 Å². The molecule has 0 saturated carbocycles. The number of rotatable bonds is 3. The molecule has 0 aromatic carbocycles. The number of amides is 1. The molecule has 2 rings (SSSR count). The van der Waals surface area contributed by atoms with Gasteiger partial charge in [0.25, 0.3) is 0 Å². The fourth-order valence-corrected chi connectivity index (χ4v) is 3.97. The Kier molecular flexibility index (Phi) is 5.16. The first kappa shape index (κ1) is 13.2. The molecule has 0 aromatic rings. The van der Waals surface area contributed by atoms with Gasteiger partial charge in [-0.25, -0.2) is 0 Å². The van der Waals surface area contributed by atoms with Crippen molar-refractivity contribution in [3.63, 3.8) is 0 Å². The number of hydrogen-bond acceptors (Lipinski definition) is 3. The molecule has 1 amide bonds. The van der Waals surface area contributed by atoms with E-state index in [2.05, 4.69) is 17.1 Å². The van der Waals surface area contributed by atoms with Gasteiger partial charge in [0.2, 0.25) is 5.91 Å². The lowest BCUT2D eigenvalue weighted by molar-refractivity contribution is -0.138. The van der Waals surface area contributed by atoms with Gasteiger partial charge in [-0.3, -0.25) is 4.79 Å². The van der Waals surface area contributed by atoms with Crippen molar-refractivity contribution >= 4 is 17.7 Å². The molecule has 0 radical (unpaired) electrons. The summed E-state index contributed by atoms with van der Waals surface area (Å²) in [6.45, 7) is 4.97. The molecule has 1 atom stereocenters. The first-order chi connectivity index (χ1) is 8.33. The van der Waals surface area contributed by atoms with Crippen LogP contribution in [0.4, 0.5) is 0 Å². The first-order valence-corrected chi connectivity index (χ1v) is 8.07. The minimum absolute atomic E-state index is 0.235. The van der Waals surface area contributed by atoms with Crippen molar-refractivity contribution in [3.05, 3.63) is 0 Å². The summed E-state index contributed by atoms with van der Waals surface area (Å²) in [6.07, 6.45) is 4.59. The van der Waals surface area contributed by atoms with Crippen molar-refractivity contribution in [3.8, 4) is 0 Å². The van der Waals surface area contributed by atoms with Crippen LogP contribution in [0.15, 0.2) is 0 Å². The summed E-state index contributed by atoms with van der Waals surface area (Å²) in [5, 5.41) is 3.35. The molecule has 0 unspecified atom stereocenters. The maximum Gasteiger partial charge on any atom is 0.227 e. The first-order valence-electron chi connectivity index (χ1n) is 6.92. The molecule has 2 fully saturated rings. The third kappa shape index (κ3) is 3.38. The SMILES string of the molecule is CCN(C(=O)[C@H]1CCCNC1)C1CCSCC1. The van der Waals surface area contributed by atoms with Gasteiger partial charge in [0, 0.05) is 19.1 Å². The molecule has 98 valence electrons. The quantitative estimate of drug-likeness (QED) is 0.834. The maximum absolute atomic E-state index is 12.5. The molecule has 17 heavy (non-hydrogen) atoms. The highest BCUT2D eigenvalue weighted by atomic mass is 32.2. The van der Waals surface area contributed by atoms with Crippen LogP contribution >= 0.6 is 11.8 Å². The number of carbonyl (C=O) groups excluding carboxylic acids is 1. The highest BCUT2D eigenvalue weighted by molar-refractivity contribution is 7.99. The van der Waals surface area contributed by atoms with Crippen molar-refractivity contribution in [2.24, 2.45) is 5.92 Å². The van der Waals surface area contributed by atoms with Crippen LogP contribution in [0.3, 0.4) is 0 Å². The third-order valence-electron chi connectivity index (χ3n) is 3.90. The van der Waals surface area contributed by atoms with E-state index in [-0.39, 0.29) is 5.92 Å². The molecule has 0 aromatic heterocycles. The molecule has 2 aliphatic rings. The van der Waals surface area contributed by atoms with E-state index in [0.29, 0.717) is 11.9 Å². The van der Waals surface area contributed by atoms with Gasteiger partial charge < -0.3 is 10.2 Å². The van der Waals surface area contributed by atoms with Gasteiger partial charge in [-0.1, -0.05) is 0 Å². The Labute approximate surface area is 109 Å². The normalized spacial score (nSPS) is 26.8. The summed E-state index contributed by atoms with van der Waals surface area (Å²) >= 11 is 2.02. The topological polar surface area (TPSA) is 32.3 Å². The second kappa shape index (κ2) is 6.64. The Hall–Kier alpha value is -0.220. The zero-order valence-electron chi connectivity index (χ0n) is 10.8. The van der Waals surface area contributed by atoms with Crippen molar-refractivity contribution < 1.29 is 4.79 Å². The van der Waals surface area contributed by atoms with Crippen molar-refractivity contribution in [1.29, 1.82) is 0 Å². The third-order valence-corrected chi connectivity index (χ3v) is 4.95. The van der Waals surface area contributed by atoms with Crippen LogP contribution in [0.25, 0.3) is 0 Å². The second-order valence-corrected chi connectivity index (χ2v) is 6.24. The van der Waals surface area contributed by atoms with E-state index in [1.54, 1.807) is 0 Å². The van der Waals surface area contributed by atoms with E-state index in [0.717, 1.165) is 32.5 Å². The molecule has 0 aliphatic carbocycles. The van der Waals surface area contributed by atoms with Gasteiger partial charge in [0.1, 0.15) is 0 Å². The Morgan fingerprint density at radius 3 is 2.71 bits per heavy atom. The fraction of sp³-hybridized carbons (Fsp3) is 0.923. The van der Waals surface area contributed by atoms with E-state index in [4.69, 9.17) is 0 Å². The highest BCUT2D eigenvalue weighted by Gasteiger charge is 2.30. The minimum atomic E-state index is 0.235. The standard InChI is InChI=1S/C13H24N2OS/c1-2-15(12-5-8-17-9-6-12)13(16)11-4-3-7-14-10-11/h11-12,14H,2-10H2,1H3/t11-/m0/s1.